The fourth-order valence-electron chi connectivity index (χ4n) is 1.47. The van der Waals surface area contributed by atoms with Gasteiger partial charge in [0.1, 0.15) is 22.1 Å². The SMILES string of the molecule is COc1ccc(C(F)CCN)c(OC)c1Br. The molecule has 0 fully saturated rings. The zero-order valence-corrected chi connectivity index (χ0v) is 10.9. The number of halogens is 2. The maximum atomic E-state index is 13.8. The van der Waals surface area contributed by atoms with E-state index in [1.807, 2.05) is 0 Å². The number of hydrogen-bond donors (Lipinski definition) is 1. The van der Waals surface area contributed by atoms with E-state index in [9.17, 15) is 4.39 Å². The number of methoxy groups -OCH3 is 2. The van der Waals surface area contributed by atoms with Gasteiger partial charge < -0.3 is 15.2 Å². The first-order valence-corrected chi connectivity index (χ1v) is 5.69. The first-order valence-electron chi connectivity index (χ1n) is 4.90. The second-order valence-corrected chi connectivity index (χ2v) is 4.04. The monoisotopic (exact) mass is 291 g/mol. The van der Waals surface area contributed by atoms with Crippen molar-refractivity contribution in [3.05, 3.63) is 22.2 Å². The summed E-state index contributed by atoms with van der Waals surface area (Å²) in [6, 6.07) is 3.35. The van der Waals surface area contributed by atoms with Gasteiger partial charge in [-0.3, -0.25) is 0 Å². The molecule has 3 nitrogen and oxygen atoms in total. The van der Waals surface area contributed by atoms with E-state index in [1.165, 1.54) is 7.11 Å². The molecular formula is C11H15BrFNO2. The van der Waals surface area contributed by atoms with Crippen molar-refractivity contribution in [1.29, 1.82) is 0 Å². The molecule has 0 aliphatic heterocycles. The maximum Gasteiger partial charge on any atom is 0.142 e. The fraction of sp³-hybridized carbons (Fsp3) is 0.455. The second-order valence-electron chi connectivity index (χ2n) is 3.25. The molecule has 0 saturated heterocycles. The number of benzene rings is 1. The van der Waals surface area contributed by atoms with Crippen molar-refractivity contribution in [3.8, 4) is 11.5 Å². The Labute approximate surface area is 103 Å². The normalized spacial score (nSPS) is 12.3. The Bertz CT molecular complexity index is 360. The van der Waals surface area contributed by atoms with Gasteiger partial charge in [-0.25, -0.2) is 4.39 Å². The van der Waals surface area contributed by atoms with E-state index in [0.29, 0.717) is 28.1 Å². The summed E-state index contributed by atoms with van der Waals surface area (Å²) >= 11 is 3.32. The summed E-state index contributed by atoms with van der Waals surface area (Å²) in [5.74, 6) is 1.07. The van der Waals surface area contributed by atoms with Crippen LogP contribution < -0.4 is 15.2 Å². The molecule has 5 heteroatoms. The Morgan fingerprint density at radius 1 is 1.38 bits per heavy atom. The predicted molar refractivity (Wildman–Crippen MR) is 64.8 cm³/mol. The summed E-state index contributed by atoms with van der Waals surface area (Å²) in [4.78, 5) is 0. The number of alkyl halides is 1. The van der Waals surface area contributed by atoms with Gasteiger partial charge in [-0.1, -0.05) is 0 Å². The van der Waals surface area contributed by atoms with Gasteiger partial charge in [-0.2, -0.15) is 0 Å². The molecule has 16 heavy (non-hydrogen) atoms. The van der Waals surface area contributed by atoms with Crippen LogP contribution in [-0.2, 0) is 0 Å². The number of ether oxygens (including phenoxy) is 2. The van der Waals surface area contributed by atoms with Crippen LogP contribution in [0.1, 0.15) is 18.2 Å². The molecule has 1 rings (SSSR count). The predicted octanol–water partition coefficient (Wildman–Crippen LogP) is 2.83. The highest BCUT2D eigenvalue weighted by Gasteiger charge is 2.19. The van der Waals surface area contributed by atoms with E-state index in [-0.39, 0.29) is 6.42 Å². The van der Waals surface area contributed by atoms with Gasteiger partial charge in [0, 0.05) is 5.56 Å². The molecule has 1 aromatic carbocycles. The summed E-state index contributed by atoms with van der Waals surface area (Å²) in [5.41, 5.74) is 5.82. The summed E-state index contributed by atoms with van der Waals surface area (Å²) in [7, 11) is 3.05. The van der Waals surface area contributed by atoms with Gasteiger partial charge in [-0.15, -0.1) is 0 Å². The number of rotatable bonds is 5. The van der Waals surface area contributed by atoms with Gasteiger partial charge >= 0.3 is 0 Å². The van der Waals surface area contributed by atoms with Gasteiger partial charge in [-0.05, 0) is 41.0 Å². The molecule has 0 aromatic heterocycles. The Morgan fingerprint density at radius 2 is 2.06 bits per heavy atom. The van der Waals surface area contributed by atoms with E-state index in [4.69, 9.17) is 15.2 Å². The minimum atomic E-state index is -1.12. The van der Waals surface area contributed by atoms with Crippen LogP contribution in [-0.4, -0.2) is 20.8 Å². The lowest BCUT2D eigenvalue weighted by Crippen LogP contribution is -2.05. The van der Waals surface area contributed by atoms with E-state index in [1.54, 1.807) is 19.2 Å². The summed E-state index contributed by atoms with van der Waals surface area (Å²) in [6.45, 7) is 0.300. The van der Waals surface area contributed by atoms with Gasteiger partial charge in [0.05, 0.1) is 14.2 Å². The largest absolute Gasteiger partial charge is 0.495 e. The molecule has 1 aromatic rings. The molecule has 2 N–H and O–H groups in total. The molecule has 0 saturated carbocycles. The van der Waals surface area contributed by atoms with Crippen LogP contribution in [0.4, 0.5) is 4.39 Å². The Kier molecular flexibility index (Phi) is 5.02. The summed E-state index contributed by atoms with van der Waals surface area (Å²) in [5, 5.41) is 0. The lowest BCUT2D eigenvalue weighted by Gasteiger charge is -2.15. The first-order chi connectivity index (χ1) is 7.65. The van der Waals surface area contributed by atoms with E-state index in [0.717, 1.165) is 0 Å². The van der Waals surface area contributed by atoms with Crippen LogP contribution in [0.2, 0.25) is 0 Å². The molecule has 1 atom stereocenters. The smallest absolute Gasteiger partial charge is 0.142 e. The van der Waals surface area contributed by atoms with Crippen molar-refractivity contribution in [2.45, 2.75) is 12.6 Å². The average molecular weight is 292 g/mol. The molecule has 0 spiro atoms. The lowest BCUT2D eigenvalue weighted by molar-refractivity contribution is 0.308. The standard InChI is InChI=1S/C11H15BrFNO2/c1-15-9-4-3-7(8(13)5-6-14)11(16-2)10(9)12/h3-4,8H,5-6,14H2,1-2H3. The van der Waals surface area contributed by atoms with Crippen molar-refractivity contribution >= 4 is 15.9 Å². The molecular weight excluding hydrogens is 277 g/mol. The molecule has 0 aliphatic rings. The minimum absolute atomic E-state index is 0.273. The quantitative estimate of drug-likeness (QED) is 0.907. The Morgan fingerprint density at radius 3 is 2.56 bits per heavy atom. The van der Waals surface area contributed by atoms with Crippen LogP contribution >= 0.6 is 15.9 Å². The van der Waals surface area contributed by atoms with Crippen molar-refractivity contribution in [2.75, 3.05) is 20.8 Å². The fourth-order valence-corrected chi connectivity index (χ4v) is 2.15. The molecule has 0 amide bonds. The molecule has 1 unspecified atom stereocenters. The second kappa shape index (κ2) is 6.06. The maximum absolute atomic E-state index is 13.8. The summed E-state index contributed by atoms with van der Waals surface area (Å²) < 4.78 is 24.7. The van der Waals surface area contributed by atoms with Crippen molar-refractivity contribution in [3.63, 3.8) is 0 Å². The third kappa shape index (κ3) is 2.65. The molecule has 0 radical (unpaired) electrons. The van der Waals surface area contributed by atoms with Crippen LogP contribution in [0.15, 0.2) is 16.6 Å². The van der Waals surface area contributed by atoms with Gasteiger partial charge in [0.2, 0.25) is 0 Å². The van der Waals surface area contributed by atoms with Crippen LogP contribution in [0.25, 0.3) is 0 Å². The average Bonchev–Trinajstić information content (AvgIpc) is 2.28. The highest BCUT2D eigenvalue weighted by Crippen LogP contribution is 2.41. The number of nitrogens with two attached hydrogens (primary N) is 1. The van der Waals surface area contributed by atoms with Crippen molar-refractivity contribution < 1.29 is 13.9 Å². The topological polar surface area (TPSA) is 44.5 Å². The molecule has 0 heterocycles. The summed E-state index contributed by atoms with van der Waals surface area (Å²) in [6.07, 6.45) is -0.850. The van der Waals surface area contributed by atoms with Crippen LogP contribution in [0.3, 0.4) is 0 Å². The molecule has 90 valence electrons. The molecule has 0 bridgehead atoms. The van der Waals surface area contributed by atoms with Crippen LogP contribution in [0, 0.1) is 0 Å². The van der Waals surface area contributed by atoms with Crippen molar-refractivity contribution in [2.24, 2.45) is 5.73 Å². The number of hydrogen-bond acceptors (Lipinski definition) is 3. The first kappa shape index (κ1) is 13.3. The Hall–Kier alpha value is -0.810. The minimum Gasteiger partial charge on any atom is -0.495 e. The van der Waals surface area contributed by atoms with E-state index < -0.39 is 6.17 Å². The van der Waals surface area contributed by atoms with E-state index in [2.05, 4.69) is 15.9 Å². The van der Waals surface area contributed by atoms with Gasteiger partial charge in [0.25, 0.3) is 0 Å². The third-order valence-corrected chi connectivity index (χ3v) is 3.02. The van der Waals surface area contributed by atoms with Crippen LogP contribution in [0.5, 0.6) is 11.5 Å². The highest BCUT2D eigenvalue weighted by molar-refractivity contribution is 9.10. The lowest BCUT2D eigenvalue weighted by atomic mass is 10.1. The zero-order valence-electron chi connectivity index (χ0n) is 9.30. The van der Waals surface area contributed by atoms with E-state index >= 15 is 0 Å². The third-order valence-electron chi connectivity index (χ3n) is 2.27. The Balaban J connectivity index is 3.14. The van der Waals surface area contributed by atoms with Crippen molar-refractivity contribution in [1.82, 2.24) is 0 Å². The van der Waals surface area contributed by atoms with Gasteiger partial charge in [0.15, 0.2) is 0 Å². The highest BCUT2D eigenvalue weighted by atomic mass is 79.9. The molecule has 0 aliphatic carbocycles. The zero-order chi connectivity index (χ0) is 12.1.